The van der Waals surface area contributed by atoms with Gasteiger partial charge in [-0.2, -0.15) is 0 Å². The van der Waals surface area contributed by atoms with E-state index in [0.717, 1.165) is 31.7 Å². The molecule has 0 aromatic heterocycles. The van der Waals surface area contributed by atoms with E-state index in [1.807, 2.05) is 0 Å². The monoisotopic (exact) mass is 196 g/mol. The Bertz CT molecular complexity index is 213. The summed E-state index contributed by atoms with van der Waals surface area (Å²) in [5, 5.41) is 6.42. The van der Waals surface area contributed by atoms with Crippen molar-refractivity contribution < 1.29 is 4.79 Å². The van der Waals surface area contributed by atoms with Crippen LogP contribution < -0.4 is 10.6 Å². The lowest BCUT2D eigenvalue weighted by atomic mass is 10.0. The molecular weight excluding hydrogens is 176 g/mol. The van der Waals surface area contributed by atoms with Crippen molar-refractivity contribution in [2.75, 3.05) is 6.54 Å². The van der Waals surface area contributed by atoms with Crippen molar-refractivity contribution in [1.29, 1.82) is 0 Å². The molecular formula is C11H20N2O. The SMILES string of the molecule is CCC(NC1CCCNC1=O)C1CC1. The van der Waals surface area contributed by atoms with Crippen LogP contribution in [0.25, 0.3) is 0 Å². The van der Waals surface area contributed by atoms with Crippen LogP contribution in [0.1, 0.15) is 39.0 Å². The average molecular weight is 196 g/mol. The van der Waals surface area contributed by atoms with Gasteiger partial charge in [-0.3, -0.25) is 4.79 Å². The Labute approximate surface area is 85.6 Å². The summed E-state index contributed by atoms with van der Waals surface area (Å²) in [7, 11) is 0. The first-order valence-electron chi connectivity index (χ1n) is 5.85. The highest BCUT2D eigenvalue weighted by Gasteiger charge is 2.33. The van der Waals surface area contributed by atoms with Gasteiger partial charge in [0.2, 0.25) is 5.91 Å². The van der Waals surface area contributed by atoms with Crippen molar-refractivity contribution in [3.63, 3.8) is 0 Å². The molecule has 14 heavy (non-hydrogen) atoms. The van der Waals surface area contributed by atoms with Crippen molar-refractivity contribution in [3.05, 3.63) is 0 Å². The van der Waals surface area contributed by atoms with Gasteiger partial charge < -0.3 is 10.6 Å². The predicted molar refractivity (Wildman–Crippen MR) is 56.0 cm³/mol. The van der Waals surface area contributed by atoms with E-state index in [1.165, 1.54) is 12.8 Å². The molecule has 1 aliphatic carbocycles. The summed E-state index contributed by atoms with van der Waals surface area (Å²) in [5.74, 6) is 1.05. The topological polar surface area (TPSA) is 41.1 Å². The molecule has 0 aromatic rings. The molecule has 2 aliphatic rings. The van der Waals surface area contributed by atoms with Gasteiger partial charge in [0.15, 0.2) is 0 Å². The zero-order valence-electron chi connectivity index (χ0n) is 8.88. The van der Waals surface area contributed by atoms with E-state index in [4.69, 9.17) is 0 Å². The highest BCUT2D eigenvalue weighted by molar-refractivity contribution is 5.82. The molecule has 2 fully saturated rings. The zero-order chi connectivity index (χ0) is 9.97. The van der Waals surface area contributed by atoms with Crippen molar-refractivity contribution in [1.82, 2.24) is 10.6 Å². The van der Waals surface area contributed by atoms with E-state index in [1.54, 1.807) is 0 Å². The second-order valence-corrected chi connectivity index (χ2v) is 4.50. The van der Waals surface area contributed by atoms with Crippen molar-refractivity contribution >= 4 is 5.91 Å². The van der Waals surface area contributed by atoms with Crippen LogP contribution in [-0.2, 0) is 4.79 Å². The molecule has 0 spiro atoms. The first-order valence-corrected chi connectivity index (χ1v) is 5.85. The van der Waals surface area contributed by atoms with Crippen LogP contribution in [0, 0.1) is 5.92 Å². The number of rotatable bonds is 4. The molecule has 3 heteroatoms. The van der Waals surface area contributed by atoms with E-state index in [9.17, 15) is 4.79 Å². The summed E-state index contributed by atoms with van der Waals surface area (Å²) >= 11 is 0. The molecule has 1 aliphatic heterocycles. The van der Waals surface area contributed by atoms with Crippen LogP contribution in [0.2, 0.25) is 0 Å². The number of amides is 1. The van der Waals surface area contributed by atoms with E-state index < -0.39 is 0 Å². The third-order valence-electron chi connectivity index (χ3n) is 3.33. The van der Waals surface area contributed by atoms with Gasteiger partial charge in [0.25, 0.3) is 0 Å². The lowest BCUT2D eigenvalue weighted by Crippen LogP contribution is -2.51. The summed E-state index contributed by atoms with van der Waals surface area (Å²) in [6, 6.07) is 0.651. The summed E-state index contributed by atoms with van der Waals surface area (Å²) in [6.07, 6.45) is 5.97. The maximum Gasteiger partial charge on any atom is 0.237 e. The van der Waals surface area contributed by atoms with Gasteiger partial charge in [0.05, 0.1) is 6.04 Å². The predicted octanol–water partition coefficient (Wildman–Crippen LogP) is 1.04. The quantitative estimate of drug-likeness (QED) is 0.705. The van der Waals surface area contributed by atoms with Gasteiger partial charge in [-0.15, -0.1) is 0 Å². The summed E-state index contributed by atoms with van der Waals surface area (Å²) in [6.45, 7) is 3.06. The largest absolute Gasteiger partial charge is 0.355 e. The molecule has 1 amide bonds. The Morgan fingerprint density at radius 1 is 1.50 bits per heavy atom. The molecule has 0 bridgehead atoms. The smallest absolute Gasteiger partial charge is 0.237 e. The van der Waals surface area contributed by atoms with E-state index in [2.05, 4.69) is 17.6 Å². The Hall–Kier alpha value is -0.570. The van der Waals surface area contributed by atoms with Crippen LogP contribution in [-0.4, -0.2) is 24.5 Å². The normalized spacial score (nSPS) is 29.8. The summed E-state index contributed by atoms with van der Waals surface area (Å²) in [5.41, 5.74) is 0. The van der Waals surface area contributed by atoms with Crippen molar-refractivity contribution in [2.45, 2.75) is 51.1 Å². The molecule has 0 radical (unpaired) electrons. The Morgan fingerprint density at radius 3 is 2.86 bits per heavy atom. The van der Waals surface area contributed by atoms with Gasteiger partial charge in [-0.25, -0.2) is 0 Å². The second-order valence-electron chi connectivity index (χ2n) is 4.50. The number of piperidine rings is 1. The van der Waals surface area contributed by atoms with Crippen LogP contribution in [0.3, 0.4) is 0 Å². The Morgan fingerprint density at radius 2 is 2.29 bits per heavy atom. The number of hydrogen-bond acceptors (Lipinski definition) is 2. The van der Waals surface area contributed by atoms with E-state index in [0.29, 0.717) is 6.04 Å². The van der Waals surface area contributed by atoms with Crippen LogP contribution in [0.4, 0.5) is 0 Å². The van der Waals surface area contributed by atoms with E-state index in [-0.39, 0.29) is 11.9 Å². The Kier molecular flexibility index (Phi) is 3.06. The van der Waals surface area contributed by atoms with Crippen molar-refractivity contribution in [3.8, 4) is 0 Å². The number of carbonyl (C=O) groups is 1. The molecule has 1 saturated carbocycles. The molecule has 80 valence electrons. The van der Waals surface area contributed by atoms with Crippen molar-refractivity contribution in [2.24, 2.45) is 5.92 Å². The molecule has 2 atom stereocenters. The van der Waals surface area contributed by atoms with Crippen LogP contribution >= 0.6 is 0 Å². The second kappa shape index (κ2) is 4.30. The highest BCUT2D eigenvalue weighted by Crippen LogP contribution is 2.34. The molecule has 0 aromatic carbocycles. The summed E-state index contributed by atoms with van der Waals surface area (Å²) < 4.78 is 0. The lowest BCUT2D eigenvalue weighted by molar-refractivity contribution is -0.124. The van der Waals surface area contributed by atoms with Crippen LogP contribution in [0.5, 0.6) is 0 Å². The third-order valence-corrected chi connectivity index (χ3v) is 3.33. The van der Waals surface area contributed by atoms with Gasteiger partial charge in [0.1, 0.15) is 0 Å². The number of carbonyl (C=O) groups excluding carboxylic acids is 1. The number of nitrogens with one attached hydrogen (secondary N) is 2. The summed E-state index contributed by atoms with van der Waals surface area (Å²) in [4.78, 5) is 11.5. The number of hydrogen-bond donors (Lipinski definition) is 2. The van der Waals surface area contributed by atoms with E-state index >= 15 is 0 Å². The van der Waals surface area contributed by atoms with Gasteiger partial charge >= 0.3 is 0 Å². The first kappa shape index (κ1) is 9.97. The average Bonchev–Trinajstić information content (AvgIpc) is 3.00. The highest BCUT2D eigenvalue weighted by atomic mass is 16.2. The fourth-order valence-electron chi connectivity index (χ4n) is 2.28. The van der Waals surface area contributed by atoms with Gasteiger partial charge in [-0.1, -0.05) is 6.92 Å². The van der Waals surface area contributed by atoms with Gasteiger partial charge in [0, 0.05) is 12.6 Å². The fraction of sp³-hybridized carbons (Fsp3) is 0.909. The molecule has 1 heterocycles. The fourth-order valence-corrected chi connectivity index (χ4v) is 2.28. The first-order chi connectivity index (χ1) is 6.81. The Balaban J connectivity index is 1.84. The molecule has 3 nitrogen and oxygen atoms in total. The molecule has 2 unspecified atom stereocenters. The standard InChI is InChI=1S/C11H20N2O/c1-2-9(8-5-6-8)13-10-4-3-7-12-11(10)14/h8-10,13H,2-7H2,1H3,(H,12,14). The van der Waals surface area contributed by atoms with Crippen LogP contribution in [0.15, 0.2) is 0 Å². The maximum absolute atomic E-state index is 11.5. The zero-order valence-corrected chi connectivity index (χ0v) is 8.88. The minimum atomic E-state index is 0.0781. The maximum atomic E-state index is 11.5. The molecule has 1 saturated heterocycles. The minimum absolute atomic E-state index is 0.0781. The van der Waals surface area contributed by atoms with Gasteiger partial charge in [-0.05, 0) is 38.0 Å². The molecule has 2 N–H and O–H groups in total. The lowest BCUT2D eigenvalue weighted by Gasteiger charge is -2.27. The third kappa shape index (κ3) is 2.27. The minimum Gasteiger partial charge on any atom is -0.355 e. The molecule has 2 rings (SSSR count).